The lowest BCUT2D eigenvalue weighted by molar-refractivity contribution is 0.0321. The number of methoxy groups -OCH3 is 1. The van der Waals surface area contributed by atoms with Gasteiger partial charge in [-0.1, -0.05) is 15.9 Å². The Morgan fingerprint density at radius 3 is 2.78 bits per heavy atom. The molecule has 1 heterocycles. The Hall–Kier alpha value is -0.780. The van der Waals surface area contributed by atoms with E-state index in [2.05, 4.69) is 20.8 Å². The fourth-order valence-corrected chi connectivity index (χ4v) is 2.21. The zero-order valence-corrected chi connectivity index (χ0v) is 12.1. The Morgan fingerprint density at radius 2 is 2.06 bits per heavy atom. The van der Waals surface area contributed by atoms with E-state index in [-0.39, 0.29) is 0 Å². The van der Waals surface area contributed by atoms with Crippen molar-refractivity contribution in [3.05, 3.63) is 22.7 Å². The number of nitrogens with zero attached hydrogens (tertiary/aromatic N) is 1. The molecule has 0 bridgehead atoms. The molecule has 2 rings (SSSR count). The normalized spacial score (nSPS) is 16.6. The maximum atomic E-state index is 5.76. The van der Waals surface area contributed by atoms with Crippen LogP contribution in [0.3, 0.4) is 0 Å². The first-order chi connectivity index (χ1) is 8.79. The minimum absolute atomic E-state index is 0.665. The van der Waals surface area contributed by atoms with Gasteiger partial charge in [0, 0.05) is 24.1 Å². The third-order valence-corrected chi connectivity index (χ3v) is 3.39. The third-order valence-electron chi connectivity index (χ3n) is 2.89. The minimum Gasteiger partial charge on any atom is -0.493 e. The molecule has 1 aliphatic heterocycles. The zero-order valence-electron chi connectivity index (χ0n) is 10.5. The van der Waals surface area contributed by atoms with Crippen molar-refractivity contribution in [1.29, 1.82) is 0 Å². The fourth-order valence-electron chi connectivity index (χ4n) is 1.87. The van der Waals surface area contributed by atoms with Crippen molar-refractivity contribution in [2.45, 2.75) is 0 Å². The van der Waals surface area contributed by atoms with Gasteiger partial charge in [-0.2, -0.15) is 0 Å². The highest BCUT2D eigenvalue weighted by atomic mass is 79.9. The highest BCUT2D eigenvalue weighted by molar-refractivity contribution is 9.10. The Balaban J connectivity index is 1.82. The van der Waals surface area contributed by atoms with Gasteiger partial charge >= 0.3 is 0 Å². The number of ether oxygens (including phenoxy) is 3. The summed E-state index contributed by atoms with van der Waals surface area (Å²) in [5.74, 6) is 1.54. The largest absolute Gasteiger partial charge is 0.493 e. The molecule has 0 aliphatic carbocycles. The molecule has 1 aromatic rings. The van der Waals surface area contributed by atoms with Crippen LogP contribution in [0.4, 0.5) is 0 Å². The first kappa shape index (κ1) is 13.6. The molecule has 0 atom stereocenters. The molecule has 0 unspecified atom stereocenters. The van der Waals surface area contributed by atoms with Crippen LogP contribution in [0, 0.1) is 0 Å². The van der Waals surface area contributed by atoms with Crippen LogP contribution in [0.2, 0.25) is 0 Å². The van der Waals surface area contributed by atoms with Gasteiger partial charge in [-0.3, -0.25) is 4.90 Å². The molecule has 1 saturated heterocycles. The van der Waals surface area contributed by atoms with Gasteiger partial charge in [0.1, 0.15) is 6.61 Å². The van der Waals surface area contributed by atoms with E-state index in [9.17, 15) is 0 Å². The van der Waals surface area contributed by atoms with Gasteiger partial charge in [-0.05, 0) is 18.2 Å². The molecular formula is C13H18BrNO3. The average molecular weight is 316 g/mol. The van der Waals surface area contributed by atoms with E-state index in [0.29, 0.717) is 6.61 Å². The summed E-state index contributed by atoms with van der Waals surface area (Å²) in [6.45, 7) is 5.20. The quantitative estimate of drug-likeness (QED) is 0.833. The van der Waals surface area contributed by atoms with Crippen molar-refractivity contribution in [3.8, 4) is 11.5 Å². The van der Waals surface area contributed by atoms with Crippen molar-refractivity contribution >= 4 is 15.9 Å². The standard InChI is InChI=1S/C13H18BrNO3/c1-16-13-10-11(14)2-3-12(13)18-9-6-15-4-7-17-8-5-15/h2-3,10H,4-9H2,1H3. The van der Waals surface area contributed by atoms with Crippen LogP contribution in [0.25, 0.3) is 0 Å². The molecule has 0 radical (unpaired) electrons. The number of hydrogen-bond acceptors (Lipinski definition) is 4. The summed E-state index contributed by atoms with van der Waals surface area (Å²) in [5, 5.41) is 0. The summed E-state index contributed by atoms with van der Waals surface area (Å²) < 4.78 is 17.3. The molecule has 4 nitrogen and oxygen atoms in total. The van der Waals surface area contributed by atoms with Gasteiger partial charge in [0.2, 0.25) is 0 Å². The summed E-state index contributed by atoms with van der Waals surface area (Å²) in [7, 11) is 1.65. The van der Waals surface area contributed by atoms with Crippen molar-refractivity contribution < 1.29 is 14.2 Å². The third kappa shape index (κ3) is 3.86. The lowest BCUT2D eigenvalue weighted by atomic mass is 10.3. The van der Waals surface area contributed by atoms with Gasteiger partial charge in [-0.25, -0.2) is 0 Å². The molecule has 0 N–H and O–H groups in total. The number of hydrogen-bond donors (Lipinski definition) is 0. The molecule has 5 heteroatoms. The molecule has 18 heavy (non-hydrogen) atoms. The van der Waals surface area contributed by atoms with Crippen molar-refractivity contribution in [3.63, 3.8) is 0 Å². The average Bonchev–Trinajstić information content (AvgIpc) is 2.41. The SMILES string of the molecule is COc1cc(Br)ccc1OCCN1CCOCC1. The van der Waals surface area contributed by atoms with E-state index in [4.69, 9.17) is 14.2 Å². The smallest absolute Gasteiger partial charge is 0.161 e. The second kappa shape index (κ2) is 6.97. The Kier molecular flexibility index (Phi) is 5.28. The zero-order chi connectivity index (χ0) is 12.8. The van der Waals surface area contributed by atoms with Crippen molar-refractivity contribution in [2.24, 2.45) is 0 Å². The molecule has 100 valence electrons. The molecule has 0 aromatic heterocycles. The molecule has 0 amide bonds. The summed E-state index contributed by atoms with van der Waals surface area (Å²) in [5.41, 5.74) is 0. The van der Waals surface area contributed by atoms with E-state index < -0.39 is 0 Å². The molecular weight excluding hydrogens is 298 g/mol. The van der Waals surface area contributed by atoms with Gasteiger partial charge in [0.15, 0.2) is 11.5 Å². The maximum Gasteiger partial charge on any atom is 0.161 e. The first-order valence-corrected chi connectivity index (χ1v) is 6.85. The summed E-state index contributed by atoms with van der Waals surface area (Å²) in [6, 6.07) is 5.78. The minimum atomic E-state index is 0.665. The van der Waals surface area contributed by atoms with Gasteiger partial charge in [0.25, 0.3) is 0 Å². The van der Waals surface area contributed by atoms with E-state index >= 15 is 0 Å². The summed E-state index contributed by atoms with van der Waals surface area (Å²) in [6.07, 6.45) is 0. The van der Waals surface area contributed by atoms with E-state index in [1.165, 1.54) is 0 Å². The second-order valence-electron chi connectivity index (χ2n) is 4.10. The first-order valence-electron chi connectivity index (χ1n) is 6.06. The Bertz CT molecular complexity index is 380. The van der Waals surface area contributed by atoms with Crippen LogP contribution in [0.15, 0.2) is 22.7 Å². The van der Waals surface area contributed by atoms with Crippen LogP contribution >= 0.6 is 15.9 Å². The maximum absolute atomic E-state index is 5.76. The lowest BCUT2D eigenvalue weighted by Gasteiger charge is -2.26. The number of rotatable bonds is 5. The summed E-state index contributed by atoms with van der Waals surface area (Å²) in [4.78, 5) is 2.34. The van der Waals surface area contributed by atoms with Gasteiger partial charge < -0.3 is 14.2 Å². The van der Waals surface area contributed by atoms with Crippen molar-refractivity contribution in [1.82, 2.24) is 4.90 Å². The number of morpholine rings is 1. The predicted octanol–water partition coefficient (Wildman–Crippen LogP) is 2.17. The number of halogens is 1. The van der Waals surface area contributed by atoms with Crippen LogP contribution in [0.5, 0.6) is 11.5 Å². The predicted molar refractivity (Wildman–Crippen MR) is 73.4 cm³/mol. The summed E-state index contributed by atoms with van der Waals surface area (Å²) >= 11 is 3.41. The van der Waals surface area contributed by atoms with E-state index in [1.54, 1.807) is 7.11 Å². The Morgan fingerprint density at radius 1 is 1.28 bits per heavy atom. The molecule has 0 saturated carbocycles. The van der Waals surface area contributed by atoms with Crippen LogP contribution in [0.1, 0.15) is 0 Å². The number of benzene rings is 1. The van der Waals surface area contributed by atoms with E-state index in [1.807, 2.05) is 18.2 Å². The highest BCUT2D eigenvalue weighted by Crippen LogP contribution is 2.30. The topological polar surface area (TPSA) is 30.9 Å². The molecule has 0 spiro atoms. The van der Waals surface area contributed by atoms with E-state index in [0.717, 1.165) is 48.8 Å². The van der Waals surface area contributed by atoms with Gasteiger partial charge in [0.05, 0.1) is 20.3 Å². The fraction of sp³-hybridized carbons (Fsp3) is 0.538. The van der Waals surface area contributed by atoms with Crippen LogP contribution < -0.4 is 9.47 Å². The Labute approximate surface area is 116 Å². The highest BCUT2D eigenvalue weighted by Gasteiger charge is 2.10. The second-order valence-corrected chi connectivity index (χ2v) is 5.01. The van der Waals surface area contributed by atoms with Gasteiger partial charge in [-0.15, -0.1) is 0 Å². The van der Waals surface area contributed by atoms with Crippen LogP contribution in [-0.4, -0.2) is 51.5 Å². The molecule has 1 aliphatic rings. The van der Waals surface area contributed by atoms with Crippen molar-refractivity contribution in [2.75, 3.05) is 46.6 Å². The molecule has 1 aromatic carbocycles. The lowest BCUT2D eigenvalue weighted by Crippen LogP contribution is -2.38. The van der Waals surface area contributed by atoms with Crippen LogP contribution in [-0.2, 0) is 4.74 Å². The molecule has 1 fully saturated rings. The monoisotopic (exact) mass is 315 g/mol.